The van der Waals surface area contributed by atoms with Crippen molar-refractivity contribution >= 4 is 28.6 Å². The average molecular weight is 468 g/mol. The second-order valence-electron chi connectivity index (χ2n) is 7.69. The zero-order valence-electron chi connectivity index (χ0n) is 18.5. The lowest BCUT2D eigenvalue weighted by Crippen LogP contribution is -2.08. The van der Waals surface area contributed by atoms with E-state index in [4.69, 9.17) is 20.5 Å². The van der Waals surface area contributed by atoms with Crippen molar-refractivity contribution in [2.45, 2.75) is 71.8 Å². The third-order valence-corrected chi connectivity index (χ3v) is 6.00. The number of halogens is 1. The smallest absolute Gasteiger partial charge is 0.262 e. The summed E-state index contributed by atoms with van der Waals surface area (Å²) < 4.78 is 26.0. The average Bonchev–Trinajstić information content (AvgIpc) is 2.75. The van der Waals surface area contributed by atoms with Crippen LogP contribution in [0, 0.1) is 6.92 Å². The van der Waals surface area contributed by atoms with E-state index in [2.05, 4.69) is 11.6 Å². The summed E-state index contributed by atoms with van der Waals surface area (Å²) in [5.41, 5.74) is 2.01. The number of unbranched alkanes of at least 4 members (excludes halogenated alkanes) is 7. The lowest BCUT2D eigenvalue weighted by Gasteiger charge is -2.10. The van der Waals surface area contributed by atoms with Crippen molar-refractivity contribution in [1.29, 1.82) is 0 Å². The summed E-state index contributed by atoms with van der Waals surface area (Å²) in [7, 11) is 0. The fourth-order valence-electron chi connectivity index (χ4n) is 3.15. The molecule has 31 heavy (non-hydrogen) atoms. The Labute approximate surface area is 193 Å². The van der Waals surface area contributed by atoms with Gasteiger partial charge in [0.05, 0.1) is 23.9 Å². The third kappa shape index (κ3) is 9.93. The minimum Gasteiger partial charge on any atom is -0.506 e. The summed E-state index contributed by atoms with van der Waals surface area (Å²) in [6.07, 6.45) is 10.2. The van der Waals surface area contributed by atoms with E-state index >= 15 is 0 Å². The van der Waals surface area contributed by atoms with Crippen molar-refractivity contribution in [3.63, 3.8) is 0 Å². The van der Waals surface area contributed by atoms with Crippen molar-refractivity contribution in [2.24, 2.45) is 0 Å². The van der Waals surface area contributed by atoms with Gasteiger partial charge >= 0.3 is 0 Å². The molecule has 0 heterocycles. The van der Waals surface area contributed by atoms with Gasteiger partial charge in [-0.1, -0.05) is 75.6 Å². The summed E-state index contributed by atoms with van der Waals surface area (Å²) >= 11 is 4.20. The first-order valence-electron chi connectivity index (χ1n) is 11.0. The Balaban J connectivity index is 1.63. The number of rotatable bonds is 15. The second kappa shape index (κ2) is 14.3. The molecule has 2 aromatic carbocycles. The largest absolute Gasteiger partial charge is 0.506 e. The number of aryl methyl sites for hydroxylation is 1. The Hall–Kier alpha value is -1.76. The number of phenolic OH excluding ortho intramolecular Hbond substituents is 1. The molecule has 7 heteroatoms. The minimum atomic E-state index is -1.73. The molecule has 1 unspecified atom stereocenters. The van der Waals surface area contributed by atoms with Crippen molar-refractivity contribution in [2.75, 3.05) is 11.3 Å². The maximum absolute atomic E-state index is 12.1. The van der Waals surface area contributed by atoms with Crippen LogP contribution in [0.15, 0.2) is 36.4 Å². The molecule has 0 aliphatic carbocycles. The third-order valence-electron chi connectivity index (χ3n) is 4.98. The van der Waals surface area contributed by atoms with E-state index < -0.39 is 11.3 Å². The van der Waals surface area contributed by atoms with E-state index in [0.717, 1.165) is 24.3 Å². The first kappa shape index (κ1) is 25.5. The molecular formula is C24H34ClNO4S. The Kier molecular flexibility index (Phi) is 11.8. The number of phenols is 1. The number of aromatic hydroxyl groups is 1. The zero-order chi connectivity index (χ0) is 22.5. The van der Waals surface area contributed by atoms with Crippen molar-refractivity contribution in [3.05, 3.63) is 52.5 Å². The number of ether oxygens (including phenoxy) is 1. The fraction of sp³-hybridized carbons (Fsp3) is 0.500. The molecule has 172 valence electrons. The lowest BCUT2D eigenvalue weighted by molar-refractivity contribution is 0.303. The predicted molar refractivity (Wildman–Crippen MR) is 129 cm³/mol. The van der Waals surface area contributed by atoms with E-state index in [1.807, 2.05) is 24.3 Å². The van der Waals surface area contributed by atoms with Crippen LogP contribution in [0.5, 0.6) is 11.5 Å². The fourth-order valence-corrected chi connectivity index (χ4v) is 4.03. The van der Waals surface area contributed by atoms with E-state index in [1.54, 1.807) is 13.0 Å². The second-order valence-corrected chi connectivity index (χ2v) is 9.01. The van der Waals surface area contributed by atoms with Gasteiger partial charge in [0.1, 0.15) is 11.5 Å². The van der Waals surface area contributed by atoms with Crippen molar-refractivity contribution in [3.8, 4) is 11.5 Å². The highest BCUT2D eigenvalue weighted by molar-refractivity contribution is 7.81. The highest BCUT2D eigenvalue weighted by atomic mass is 35.5. The van der Waals surface area contributed by atoms with Crippen LogP contribution in [0.4, 0.5) is 5.69 Å². The molecule has 0 amide bonds. The van der Waals surface area contributed by atoms with Gasteiger partial charge in [-0.15, -0.1) is 0 Å². The summed E-state index contributed by atoms with van der Waals surface area (Å²) in [5, 5.41) is 9.89. The van der Waals surface area contributed by atoms with Crippen molar-refractivity contribution in [1.82, 2.24) is 0 Å². The molecule has 0 radical (unpaired) electrons. The SMILES string of the molecule is CCCCCCCCCCOc1ccc(COS(=O)Nc2cc(C)c(O)c(Cl)c2)cc1. The van der Waals surface area contributed by atoms with E-state index in [-0.39, 0.29) is 17.4 Å². The highest BCUT2D eigenvalue weighted by Gasteiger charge is 2.08. The minimum absolute atomic E-state index is 0.0173. The standard InChI is InChI=1S/C24H34ClNO4S/c1-3-4-5-6-7-8-9-10-15-29-22-13-11-20(12-14-22)18-30-31(28)26-21-16-19(2)24(27)23(25)17-21/h11-14,16-17,26-27H,3-10,15,18H2,1-2H3. The molecule has 2 rings (SSSR count). The van der Waals surface area contributed by atoms with E-state index in [9.17, 15) is 9.32 Å². The number of anilines is 1. The molecule has 2 N–H and O–H groups in total. The summed E-state index contributed by atoms with van der Waals surface area (Å²) in [4.78, 5) is 0. The van der Waals surface area contributed by atoms with Gasteiger partial charge in [-0.2, -0.15) is 0 Å². The Morgan fingerprint density at radius 1 is 1.00 bits per heavy atom. The topological polar surface area (TPSA) is 67.8 Å². The molecule has 2 aromatic rings. The van der Waals surface area contributed by atoms with E-state index in [0.29, 0.717) is 11.3 Å². The van der Waals surface area contributed by atoms with Gasteiger partial charge in [0.2, 0.25) is 0 Å². The number of nitrogens with one attached hydrogen (secondary N) is 1. The summed E-state index contributed by atoms with van der Waals surface area (Å²) in [5.74, 6) is 0.851. The van der Waals surface area contributed by atoms with Crippen LogP contribution < -0.4 is 9.46 Å². The van der Waals surface area contributed by atoms with Crippen molar-refractivity contribution < 1.29 is 18.2 Å². The maximum Gasteiger partial charge on any atom is 0.262 e. The number of benzene rings is 2. The number of hydrogen-bond acceptors (Lipinski definition) is 4. The summed E-state index contributed by atoms with van der Waals surface area (Å²) in [6, 6.07) is 10.8. The number of hydrogen-bond donors (Lipinski definition) is 2. The van der Waals surface area contributed by atoms with Crippen LogP contribution >= 0.6 is 11.6 Å². The highest BCUT2D eigenvalue weighted by Crippen LogP contribution is 2.30. The van der Waals surface area contributed by atoms with Gasteiger partial charge in [-0.3, -0.25) is 8.91 Å². The molecule has 0 saturated heterocycles. The molecule has 0 aliphatic rings. The molecule has 5 nitrogen and oxygen atoms in total. The molecule has 0 aliphatic heterocycles. The van der Waals surface area contributed by atoms with Crippen LogP contribution in [0.2, 0.25) is 5.02 Å². The molecule has 0 spiro atoms. The quantitative estimate of drug-likeness (QED) is 0.217. The lowest BCUT2D eigenvalue weighted by atomic mass is 10.1. The van der Waals surface area contributed by atoms with Gasteiger partial charge in [-0.25, -0.2) is 4.21 Å². The van der Waals surface area contributed by atoms with Gasteiger partial charge in [0, 0.05) is 0 Å². The summed E-state index contributed by atoms with van der Waals surface area (Å²) in [6.45, 7) is 4.89. The molecule has 1 atom stereocenters. The van der Waals surface area contributed by atoms with Crippen LogP contribution in [0.25, 0.3) is 0 Å². The monoisotopic (exact) mass is 467 g/mol. The van der Waals surface area contributed by atoms with Crippen LogP contribution in [0.1, 0.15) is 69.4 Å². The van der Waals surface area contributed by atoms with Crippen LogP contribution in [0.3, 0.4) is 0 Å². The molecule has 0 fully saturated rings. The zero-order valence-corrected chi connectivity index (χ0v) is 20.1. The van der Waals surface area contributed by atoms with E-state index in [1.165, 1.54) is 51.0 Å². The molecule has 0 aromatic heterocycles. The maximum atomic E-state index is 12.1. The van der Waals surface area contributed by atoms with Crippen LogP contribution in [-0.2, 0) is 22.1 Å². The first-order valence-corrected chi connectivity index (χ1v) is 12.5. The van der Waals surface area contributed by atoms with Gasteiger partial charge in [0.15, 0.2) is 0 Å². The first-order chi connectivity index (χ1) is 15.0. The Morgan fingerprint density at radius 2 is 1.65 bits per heavy atom. The molecular weight excluding hydrogens is 434 g/mol. The molecule has 0 saturated carbocycles. The normalized spacial score (nSPS) is 12.0. The predicted octanol–water partition coefficient (Wildman–Crippen LogP) is 7.08. The molecule has 0 bridgehead atoms. The Morgan fingerprint density at radius 3 is 2.29 bits per heavy atom. The van der Waals surface area contributed by atoms with Gasteiger partial charge in [0.25, 0.3) is 11.3 Å². The van der Waals surface area contributed by atoms with Crippen LogP contribution in [-0.4, -0.2) is 15.9 Å². The van der Waals surface area contributed by atoms with Gasteiger partial charge in [-0.05, 0) is 48.7 Å². The Bertz CT molecular complexity index is 791. The van der Waals surface area contributed by atoms with Gasteiger partial charge < -0.3 is 9.84 Å².